The molecule has 0 aliphatic carbocycles. The van der Waals surface area contributed by atoms with Crippen molar-refractivity contribution >= 4 is 34.4 Å². The Bertz CT molecular complexity index is 1420. The van der Waals surface area contributed by atoms with Crippen LogP contribution in [-0.4, -0.2) is 62.7 Å². The van der Waals surface area contributed by atoms with Crippen molar-refractivity contribution in [1.29, 1.82) is 0 Å². The minimum Gasteiger partial charge on any atom is -0.338 e. The number of nitrogens with one attached hydrogen (secondary N) is 1. The molecule has 0 radical (unpaired) electrons. The highest BCUT2D eigenvalue weighted by Gasteiger charge is 2.43. The van der Waals surface area contributed by atoms with Crippen molar-refractivity contribution in [1.82, 2.24) is 24.8 Å². The molecule has 176 valence electrons. The van der Waals surface area contributed by atoms with Gasteiger partial charge in [-0.2, -0.15) is 0 Å². The number of hydrogen-bond donors (Lipinski definition) is 1. The number of aromatic nitrogens is 3. The first-order valence-electron chi connectivity index (χ1n) is 11.4. The van der Waals surface area contributed by atoms with Crippen molar-refractivity contribution in [3.8, 4) is 11.5 Å². The van der Waals surface area contributed by atoms with E-state index in [1.54, 1.807) is 11.0 Å². The molecular formula is C26H21ClFN5O2. The summed E-state index contributed by atoms with van der Waals surface area (Å²) in [6.45, 7) is 2.23. The van der Waals surface area contributed by atoms with Crippen LogP contribution in [0.4, 0.5) is 4.39 Å². The van der Waals surface area contributed by atoms with E-state index in [4.69, 9.17) is 11.6 Å². The summed E-state index contributed by atoms with van der Waals surface area (Å²) < 4.78 is 13.5. The molecule has 6 rings (SSSR count). The monoisotopic (exact) mass is 489 g/mol. The number of aromatic amines is 1. The van der Waals surface area contributed by atoms with E-state index in [0.29, 0.717) is 49.0 Å². The Morgan fingerprint density at radius 1 is 0.886 bits per heavy atom. The SMILES string of the molecule is O=C(c1ccc(F)c(Cl)c1)N1CC2CN(C(=O)c3cccc(-c4nc5ccccc5[nH]4)n3)CC2C1. The highest BCUT2D eigenvalue weighted by atomic mass is 35.5. The van der Waals surface area contributed by atoms with Gasteiger partial charge < -0.3 is 14.8 Å². The molecule has 2 aromatic carbocycles. The van der Waals surface area contributed by atoms with Gasteiger partial charge in [0.2, 0.25) is 0 Å². The molecule has 2 amide bonds. The summed E-state index contributed by atoms with van der Waals surface area (Å²) in [5.41, 5.74) is 3.11. The van der Waals surface area contributed by atoms with E-state index in [1.165, 1.54) is 18.2 Å². The van der Waals surface area contributed by atoms with Gasteiger partial charge in [0.1, 0.15) is 17.2 Å². The fourth-order valence-electron chi connectivity index (χ4n) is 5.06. The second-order valence-corrected chi connectivity index (χ2v) is 9.49. The van der Waals surface area contributed by atoms with Gasteiger partial charge in [-0.05, 0) is 42.5 Å². The largest absolute Gasteiger partial charge is 0.338 e. The quantitative estimate of drug-likeness (QED) is 0.466. The van der Waals surface area contributed by atoms with Gasteiger partial charge in [-0.3, -0.25) is 9.59 Å². The number of carbonyl (C=O) groups excluding carboxylic acids is 2. The van der Waals surface area contributed by atoms with Crippen LogP contribution in [0, 0.1) is 17.7 Å². The van der Waals surface area contributed by atoms with Crippen molar-refractivity contribution in [3.63, 3.8) is 0 Å². The molecule has 7 nitrogen and oxygen atoms in total. The van der Waals surface area contributed by atoms with Crippen molar-refractivity contribution in [2.45, 2.75) is 0 Å². The molecule has 35 heavy (non-hydrogen) atoms. The van der Waals surface area contributed by atoms with Crippen molar-refractivity contribution in [2.24, 2.45) is 11.8 Å². The Hall–Kier alpha value is -3.78. The molecule has 0 bridgehead atoms. The molecule has 1 N–H and O–H groups in total. The van der Waals surface area contributed by atoms with Gasteiger partial charge in [-0.25, -0.2) is 14.4 Å². The summed E-state index contributed by atoms with van der Waals surface area (Å²) in [6.07, 6.45) is 0. The number of carbonyl (C=O) groups is 2. The summed E-state index contributed by atoms with van der Waals surface area (Å²) in [7, 11) is 0. The zero-order valence-electron chi connectivity index (χ0n) is 18.6. The zero-order valence-corrected chi connectivity index (χ0v) is 19.4. The minimum absolute atomic E-state index is 0.0654. The van der Waals surface area contributed by atoms with Crippen LogP contribution in [0.5, 0.6) is 0 Å². The number of nitrogens with zero attached hydrogens (tertiary/aromatic N) is 4. The average molecular weight is 490 g/mol. The van der Waals surface area contributed by atoms with Crippen LogP contribution in [0.3, 0.4) is 0 Å². The van der Waals surface area contributed by atoms with Gasteiger partial charge in [0.15, 0.2) is 5.82 Å². The van der Waals surface area contributed by atoms with E-state index in [-0.39, 0.29) is 28.7 Å². The first-order valence-corrected chi connectivity index (χ1v) is 11.8. The van der Waals surface area contributed by atoms with Gasteiger partial charge in [0.25, 0.3) is 11.8 Å². The van der Waals surface area contributed by atoms with Crippen LogP contribution < -0.4 is 0 Å². The lowest BCUT2D eigenvalue weighted by molar-refractivity contribution is 0.0735. The number of H-pyrrole nitrogens is 1. The third kappa shape index (κ3) is 3.93. The first kappa shape index (κ1) is 21.7. The van der Waals surface area contributed by atoms with Gasteiger partial charge in [-0.1, -0.05) is 29.8 Å². The van der Waals surface area contributed by atoms with E-state index in [2.05, 4.69) is 15.0 Å². The maximum atomic E-state index is 13.5. The van der Waals surface area contributed by atoms with E-state index in [1.807, 2.05) is 41.3 Å². The van der Waals surface area contributed by atoms with Crippen molar-refractivity contribution in [2.75, 3.05) is 26.2 Å². The number of halogens is 2. The summed E-state index contributed by atoms with van der Waals surface area (Å²) >= 11 is 5.84. The molecular weight excluding hydrogens is 469 g/mol. The van der Waals surface area contributed by atoms with Gasteiger partial charge >= 0.3 is 0 Å². The van der Waals surface area contributed by atoms with E-state index in [0.717, 1.165) is 11.0 Å². The number of fused-ring (bicyclic) bond motifs is 2. The second kappa shape index (κ2) is 8.46. The highest BCUT2D eigenvalue weighted by Crippen LogP contribution is 2.33. The van der Waals surface area contributed by atoms with Gasteiger partial charge in [0, 0.05) is 43.6 Å². The molecule has 2 saturated heterocycles. The van der Waals surface area contributed by atoms with Gasteiger partial charge in [0.05, 0.1) is 16.1 Å². The molecule has 2 aliphatic heterocycles. The number of amides is 2. The van der Waals surface area contributed by atoms with Crippen molar-refractivity contribution < 1.29 is 14.0 Å². The Labute approximate surface area is 205 Å². The number of rotatable bonds is 3. The lowest BCUT2D eigenvalue weighted by atomic mass is 10.0. The topological polar surface area (TPSA) is 82.2 Å². The standard InChI is InChI=1S/C26H21ClFN5O2/c27-18-10-15(8-9-19(18)28)25(34)32-11-16-13-33(14-17(16)12-32)26(35)23-7-3-6-22(29-23)24-30-20-4-1-2-5-21(20)31-24/h1-10,16-17H,11-14H2,(H,30,31). The lowest BCUT2D eigenvalue weighted by Crippen LogP contribution is -2.36. The molecule has 2 aromatic heterocycles. The Morgan fingerprint density at radius 2 is 1.60 bits per heavy atom. The fraction of sp³-hybridized carbons (Fsp3) is 0.231. The number of pyridine rings is 1. The third-order valence-electron chi connectivity index (χ3n) is 6.83. The van der Waals surface area contributed by atoms with Crippen LogP contribution in [0.15, 0.2) is 60.7 Å². The third-order valence-corrected chi connectivity index (χ3v) is 7.12. The zero-order chi connectivity index (χ0) is 24.1. The maximum absolute atomic E-state index is 13.5. The average Bonchev–Trinajstić information content (AvgIpc) is 3.58. The number of likely N-dealkylation sites (tertiary alicyclic amines) is 2. The van der Waals surface area contributed by atoms with Crippen molar-refractivity contribution in [3.05, 3.63) is 82.8 Å². The molecule has 9 heteroatoms. The molecule has 4 aromatic rings. The Balaban J connectivity index is 1.14. The lowest BCUT2D eigenvalue weighted by Gasteiger charge is -2.22. The molecule has 0 spiro atoms. The Morgan fingerprint density at radius 3 is 2.31 bits per heavy atom. The smallest absolute Gasteiger partial charge is 0.272 e. The number of hydrogen-bond acceptors (Lipinski definition) is 4. The minimum atomic E-state index is -0.548. The molecule has 2 unspecified atom stereocenters. The molecule has 2 aliphatic rings. The number of benzene rings is 2. The molecule has 4 heterocycles. The first-order chi connectivity index (χ1) is 17.0. The van der Waals surface area contributed by atoms with Gasteiger partial charge in [-0.15, -0.1) is 0 Å². The summed E-state index contributed by atoms with van der Waals surface area (Å²) in [4.78, 5) is 42.1. The van der Waals surface area contributed by atoms with E-state index < -0.39 is 5.82 Å². The summed E-state index contributed by atoms with van der Waals surface area (Å²) in [5, 5.41) is -0.0654. The Kier molecular flexibility index (Phi) is 5.25. The van der Waals surface area contributed by atoms with Crippen LogP contribution in [-0.2, 0) is 0 Å². The fourth-order valence-corrected chi connectivity index (χ4v) is 5.24. The van der Waals surface area contributed by atoms with E-state index >= 15 is 0 Å². The molecule has 2 fully saturated rings. The number of imidazole rings is 1. The predicted octanol–water partition coefficient (Wildman–Crippen LogP) is 4.26. The van der Waals surface area contributed by atoms with Crippen LogP contribution >= 0.6 is 11.6 Å². The number of para-hydroxylation sites is 2. The van der Waals surface area contributed by atoms with E-state index in [9.17, 15) is 14.0 Å². The van der Waals surface area contributed by atoms with Crippen LogP contribution in [0.25, 0.3) is 22.6 Å². The van der Waals surface area contributed by atoms with Crippen LogP contribution in [0.2, 0.25) is 5.02 Å². The predicted molar refractivity (Wildman–Crippen MR) is 130 cm³/mol. The summed E-state index contributed by atoms with van der Waals surface area (Å²) in [6, 6.07) is 17.1. The normalized spacial score (nSPS) is 19.4. The molecule has 0 saturated carbocycles. The second-order valence-electron chi connectivity index (χ2n) is 9.08. The van der Waals surface area contributed by atoms with Crippen LogP contribution in [0.1, 0.15) is 20.8 Å². The molecule has 2 atom stereocenters. The highest BCUT2D eigenvalue weighted by molar-refractivity contribution is 6.31. The summed E-state index contributed by atoms with van der Waals surface area (Å²) in [5.74, 6) is 0.164. The maximum Gasteiger partial charge on any atom is 0.272 e.